The lowest BCUT2D eigenvalue weighted by Crippen LogP contribution is -2.39. The molecule has 0 saturated carbocycles. The molecule has 6 rings (SSSR count). The number of hydrogen-bond donors (Lipinski definition) is 1. The molecule has 1 amide bonds. The van der Waals surface area contributed by atoms with Gasteiger partial charge in [0.15, 0.2) is 11.5 Å². The molecule has 0 aliphatic carbocycles. The maximum absolute atomic E-state index is 13.5. The van der Waals surface area contributed by atoms with E-state index in [0.29, 0.717) is 23.6 Å². The summed E-state index contributed by atoms with van der Waals surface area (Å²) >= 11 is 0. The Balaban J connectivity index is 1.35. The van der Waals surface area contributed by atoms with Crippen LogP contribution in [0.3, 0.4) is 0 Å². The fraction of sp³-hybridized carbons (Fsp3) is 0.172. The van der Waals surface area contributed by atoms with Crippen LogP contribution >= 0.6 is 0 Å². The number of nitrogens with zero attached hydrogens (tertiary/aromatic N) is 1. The van der Waals surface area contributed by atoms with Crippen molar-refractivity contribution in [2.75, 3.05) is 20.4 Å². The highest BCUT2D eigenvalue weighted by Crippen LogP contribution is 2.42. The zero-order valence-corrected chi connectivity index (χ0v) is 19.7. The Bertz CT molecular complexity index is 1500. The van der Waals surface area contributed by atoms with Crippen molar-refractivity contribution >= 4 is 28.9 Å². The number of methoxy groups -OCH3 is 1. The minimum atomic E-state index is -0.393. The Morgan fingerprint density at radius 1 is 1.03 bits per heavy atom. The van der Waals surface area contributed by atoms with Crippen LogP contribution in [-0.2, 0) is 16.0 Å². The van der Waals surface area contributed by atoms with Crippen LogP contribution in [0.2, 0.25) is 0 Å². The Morgan fingerprint density at radius 2 is 1.83 bits per heavy atom. The number of fused-ring (bicyclic) bond motifs is 4. The summed E-state index contributed by atoms with van der Waals surface area (Å²) in [5.41, 5.74) is 5.55. The van der Waals surface area contributed by atoms with Crippen molar-refractivity contribution in [3.05, 3.63) is 101 Å². The average molecular weight is 481 g/mol. The number of rotatable bonds is 4. The first kappa shape index (κ1) is 22.0. The van der Waals surface area contributed by atoms with Crippen LogP contribution in [0.1, 0.15) is 38.8 Å². The molecule has 36 heavy (non-hydrogen) atoms. The second kappa shape index (κ2) is 8.92. The molecule has 7 nitrogen and oxygen atoms in total. The molecule has 0 radical (unpaired) electrons. The van der Waals surface area contributed by atoms with Gasteiger partial charge >= 0.3 is 5.97 Å². The van der Waals surface area contributed by atoms with Gasteiger partial charge in [0.1, 0.15) is 0 Å². The van der Waals surface area contributed by atoms with Gasteiger partial charge in [-0.2, -0.15) is 0 Å². The molecule has 2 aliphatic heterocycles. The fourth-order valence-corrected chi connectivity index (χ4v) is 5.02. The monoisotopic (exact) mass is 480 g/mol. The summed E-state index contributed by atoms with van der Waals surface area (Å²) in [6.45, 7) is 0.777. The van der Waals surface area contributed by atoms with Crippen molar-refractivity contribution in [2.45, 2.75) is 12.5 Å². The van der Waals surface area contributed by atoms with Gasteiger partial charge in [-0.3, -0.25) is 4.79 Å². The number of H-pyrrole nitrogens is 1. The summed E-state index contributed by atoms with van der Waals surface area (Å²) in [6, 6.07) is 20.7. The predicted molar refractivity (Wildman–Crippen MR) is 135 cm³/mol. The van der Waals surface area contributed by atoms with Crippen LogP contribution in [0.25, 0.3) is 17.0 Å². The van der Waals surface area contributed by atoms with E-state index in [1.165, 1.54) is 18.1 Å². The topological polar surface area (TPSA) is 80.9 Å². The summed E-state index contributed by atoms with van der Waals surface area (Å²) < 4.78 is 15.9. The molecular weight excluding hydrogens is 456 g/mol. The minimum absolute atomic E-state index is 0.0981. The average Bonchev–Trinajstić information content (AvgIpc) is 3.55. The lowest BCUT2D eigenvalue weighted by molar-refractivity contribution is -0.128. The van der Waals surface area contributed by atoms with Crippen molar-refractivity contribution in [3.8, 4) is 11.5 Å². The molecular formula is C29H24N2O5. The molecule has 0 fully saturated rings. The number of para-hydroxylation sites is 1. The molecule has 0 spiro atoms. The van der Waals surface area contributed by atoms with Crippen molar-refractivity contribution in [1.29, 1.82) is 0 Å². The zero-order chi connectivity index (χ0) is 24.6. The van der Waals surface area contributed by atoms with Gasteiger partial charge in [0, 0.05) is 29.2 Å². The molecule has 3 heterocycles. The second-order valence-corrected chi connectivity index (χ2v) is 8.81. The molecule has 7 heteroatoms. The summed E-state index contributed by atoms with van der Waals surface area (Å²) in [5, 5.41) is 1.19. The molecule has 1 atom stereocenters. The largest absolute Gasteiger partial charge is 0.465 e. The van der Waals surface area contributed by atoms with Crippen LogP contribution in [0.15, 0.2) is 72.8 Å². The molecule has 1 N–H and O–H groups in total. The lowest BCUT2D eigenvalue weighted by Gasteiger charge is -2.35. The quantitative estimate of drug-likeness (QED) is 0.333. The van der Waals surface area contributed by atoms with Crippen LogP contribution < -0.4 is 9.47 Å². The van der Waals surface area contributed by atoms with Gasteiger partial charge in [-0.25, -0.2) is 4.79 Å². The standard InChI is InChI=1S/C29H24N2O5/c1-34-29(33)19-9-6-18(7-10-19)8-13-26(32)31-15-14-22-21-4-2-3-5-23(21)30-27(22)28(31)20-11-12-24-25(16-20)36-17-35-24/h2-13,16,28,30H,14-15,17H2,1H3/b13-8+. The second-order valence-electron chi connectivity index (χ2n) is 8.81. The molecule has 2 aliphatic rings. The van der Waals surface area contributed by atoms with Gasteiger partial charge in [0.05, 0.1) is 18.7 Å². The van der Waals surface area contributed by atoms with Gasteiger partial charge in [-0.05, 0) is 59.5 Å². The Kier molecular flexibility index (Phi) is 5.45. The van der Waals surface area contributed by atoms with E-state index in [-0.39, 0.29) is 18.7 Å². The number of aromatic nitrogens is 1. The van der Waals surface area contributed by atoms with Gasteiger partial charge < -0.3 is 24.1 Å². The van der Waals surface area contributed by atoms with Crippen molar-refractivity contribution < 1.29 is 23.8 Å². The SMILES string of the molecule is COC(=O)c1ccc(/C=C/C(=O)N2CCc3c([nH]c4ccccc34)C2c2ccc3c(c2)OCO3)cc1. The summed E-state index contributed by atoms with van der Waals surface area (Å²) in [6.07, 6.45) is 4.11. The van der Waals surface area contributed by atoms with E-state index in [1.54, 1.807) is 36.4 Å². The third-order valence-corrected chi connectivity index (χ3v) is 6.78. The lowest BCUT2D eigenvalue weighted by atomic mass is 9.92. The molecule has 3 aromatic carbocycles. The summed E-state index contributed by atoms with van der Waals surface area (Å²) in [4.78, 5) is 30.7. The van der Waals surface area contributed by atoms with Crippen molar-refractivity contribution in [3.63, 3.8) is 0 Å². The highest BCUT2D eigenvalue weighted by molar-refractivity contribution is 5.94. The number of benzene rings is 3. The van der Waals surface area contributed by atoms with E-state index in [2.05, 4.69) is 17.1 Å². The number of carbonyl (C=O) groups excluding carboxylic acids is 2. The van der Waals surface area contributed by atoms with Crippen LogP contribution in [0.4, 0.5) is 0 Å². The van der Waals surface area contributed by atoms with Gasteiger partial charge in [-0.15, -0.1) is 0 Å². The third-order valence-electron chi connectivity index (χ3n) is 6.78. The molecule has 1 unspecified atom stereocenters. The van der Waals surface area contributed by atoms with E-state index in [9.17, 15) is 9.59 Å². The third kappa shape index (κ3) is 3.79. The van der Waals surface area contributed by atoms with E-state index in [4.69, 9.17) is 14.2 Å². The van der Waals surface area contributed by atoms with Gasteiger partial charge in [0.25, 0.3) is 0 Å². The van der Waals surface area contributed by atoms with E-state index in [1.807, 2.05) is 35.2 Å². The number of ether oxygens (including phenoxy) is 3. The number of nitrogens with one attached hydrogen (secondary N) is 1. The fourth-order valence-electron chi connectivity index (χ4n) is 5.02. The van der Waals surface area contributed by atoms with Crippen LogP contribution in [0, 0.1) is 0 Å². The predicted octanol–water partition coefficient (Wildman–Crippen LogP) is 4.87. The van der Waals surface area contributed by atoms with E-state index < -0.39 is 5.97 Å². The maximum Gasteiger partial charge on any atom is 0.337 e. The molecule has 4 aromatic rings. The Labute approximate surface area is 207 Å². The molecule has 0 saturated heterocycles. The smallest absolute Gasteiger partial charge is 0.337 e. The number of carbonyl (C=O) groups is 2. The van der Waals surface area contributed by atoms with Gasteiger partial charge in [-0.1, -0.05) is 36.4 Å². The first-order valence-corrected chi connectivity index (χ1v) is 11.8. The van der Waals surface area contributed by atoms with Gasteiger partial charge in [0.2, 0.25) is 12.7 Å². The van der Waals surface area contributed by atoms with Crippen molar-refractivity contribution in [1.82, 2.24) is 9.88 Å². The number of hydrogen-bond acceptors (Lipinski definition) is 5. The van der Waals surface area contributed by atoms with Crippen LogP contribution in [-0.4, -0.2) is 42.2 Å². The number of amides is 1. The number of aromatic amines is 1. The molecule has 180 valence electrons. The van der Waals surface area contributed by atoms with E-state index in [0.717, 1.165) is 28.8 Å². The zero-order valence-electron chi connectivity index (χ0n) is 19.7. The first-order chi connectivity index (χ1) is 17.6. The Hall–Kier alpha value is -4.52. The highest BCUT2D eigenvalue weighted by Gasteiger charge is 2.34. The molecule has 1 aromatic heterocycles. The maximum atomic E-state index is 13.5. The van der Waals surface area contributed by atoms with Crippen LogP contribution in [0.5, 0.6) is 11.5 Å². The number of esters is 1. The first-order valence-electron chi connectivity index (χ1n) is 11.8. The molecule has 0 bridgehead atoms. The van der Waals surface area contributed by atoms with E-state index >= 15 is 0 Å². The normalized spacial score (nSPS) is 16.4. The van der Waals surface area contributed by atoms with Crippen molar-refractivity contribution in [2.24, 2.45) is 0 Å². The summed E-state index contributed by atoms with van der Waals surface area (Å²) in [7, 11) is 1.35. The Morgan fingerprint density at radius 3 is 2.67 bits per heavy atom. The minimum Gasteiger partial charge on any atom is -0.465 e. The summed E-state index contributed by atoms with van der Waals surface area (Å²) in [5.74, 6) is 0.902. The highest BCUT2D eigenvalue weighted by atomic mass is 16.7.